The maximum atomic E-state index is 13.5. The number of hydrogen-bond acceptors (Lipinski definition) is 7. The molecule has 1 saturated heterocycles. The molecule has 4 N–H and O–H groups in total. The van der Waals surface area contributed by atoms with Gasteiger partial charge in [-0.05, 0) is 43.4 Å². The number of fused-ring (bicyclic) bond motifs is 1. The molecule has 12 heteroatoms. The van der Waals surface area contributed by atoms with Gasteiger partial charge in [-0.2, -0.15) is 0 Å². The molecule has 0 radical (unpaired) electrons. The van der Waals surface area contributed by atoms with E-state index in [-0.39, 0.29) is 34.1 Å². The lowest BCUT2D eigenvalue weighted by atomic mass is 9.95. The van der Waals surface area contributed by atoms with Crippen molar-refractivity contribution in [2.24, 2.45) is 11.8 Å². The minimum absolute atomic E-state index is 0.0707. The molecule has 4 rings (SSSR count). The number of amides is 3. The number of methoxy groups -OCH3 is 1. The van der Waals surface area contributed by atoms with Crippen molar-refractivity contribution in [1.82, 2.24) is 25.9 Å². The molecule has 3 atom stereocenters. The molecule has 3 amide bonds. The summed E-state index contributed by atoms with van der Waals surface area (Å²) in [4.78, 5) is 59.2. The number of thiazole rings is 1. The van der Waals surface area contributed by atoms with Gasteiger partial charge in [0.15, 0.2) is 5.01 Å². The number of Topliss-reactive ketones (excluding diaryl/α,β-unsaturated/α-hetero) is 1. The lowest BCUT2D eigenvalue weighted by Crippen LogP contribution is -2.52. The minimum atomic E-state index is -0.998. The highest BCUT2D eigenvalue weighted by molar-refractivity contribution is 7.12. The summed E-state index contributed by atoms with van der Waals surface area (Å²) in [5.74, 6) is -1.29. The maximum absolute atomic E-state index is 13.5. The number of carbonyl (C=O) groups is 4. The molecule has 1 aliphatic heterocycles. The van der Waals surface area contributed by atoms with Crippen LogP contribution in [0, 0.1) is 11.8 Å². The molecule has 2 aromatic heterocycles. The first kappa shape index (κ1) is 27.6. The van der Waals surface area contributed by atoms with Crippen LogP contribution >= 0.6 is 22.9 Å². The van der Waals surface area contributed by atoms with Crippen LogP contribution in [0.15, 0.2) is 29.6 Å². The molecule has 10 nitrogen and oxygen atoms in total. The van der Waals surface area contributed by atoms with Crippen molar-refractivity contribution in [3.8, 4) is 5.75 Å². The molecule has 1 aromatic carbocycles. The molecular weight excluding hydrogens is 530 g/mol. The zero-order chi connectivity index (χ0) is 27.4. The zero-order valence-corrected chi connectivity index (χ0v) is 22.9. The molecule has 0 aliphatic carbocycles. The number of ketones is 1. The molecule has 0 bridgehead atoms. The van der Waals surface area contributed by atoms with Gasteiger partial charge in [0.05, 0.1) is 13.2 Å². The summed E-state index contributed by atoms with van der Waals surface area (Å²) in [5.41, 5.74) is 1.00. The van der Waals surface area contributed by atoms with Gasteiger partial charge in [-0.25, -0.2) is 4.98 Å². The standard InChI is InChI=1S/C26H30ClN5O5S/c1-13(2)9-18(31-25(36)19-11-15-16(29-19)5-4-6-20(15)37-3)24(35)30-17(10-14-7-8-28-23(14)34)22(33)26-32-21(27)12-38-26/h4-6,11-14,17-18,29H,7-10H2,1-3H3,(H,28,34)(H,30,35)(H,31,36)/t14-,17?,18-/m0/s1. The van der Waals surface area contributed by atoms with Crippen LogP contribution in [0.4, 0.5) is 0 Å². The SMILES string of the molecule is COc1cccc2[nH]c(C(=O)N[C@@H](CC(C)C)C(=O)NC(C[C@@H]3CCNC3=O)C(=O)c3nc(Cl)cs3)cc12. The molecule has 0 saturated carbocycles. The van der Waals surface area contributed by atoms with Crippen molar-refractivity contribution in [1.29, 1.82) is 0 Å². The van der Waals surface area contributed by atoms with Gasteiger partial charge in [0, 0.05) is 28.7 Å². The summed E-state index contributed by atoms with van der Waals surface area (Å²) in [5, 5.41) is 11.0. The Balaban J connectivity index is 1.54. The molecular formula is C26H30ClN5O5S. The van der Waals surface area contributed by atoms with E-state index >= 15 is 0 Å². The second kappa shape index (κ2) is 12.0. The van der Waals surface area contributed by atoms with Gasteiger partial charge in [0.25, 0.3) is 5.91 Å². The highest BCUT2D eigenvalue weighted by Crippen LogP contribution is 2.26. The number of H-pyrrole nitrogens is 1. The largest absolute Gasteiger partial charge is 0.496 e. The van der Waals surface area contributed by atoms with E-state index in [2.05, 4.69) is 25.9 Å². The number of halogens is 1. The van der Waals surface area contributed by atoms with Crippen LogP contribution in [0.2, 0.25) is 5.15 Å². The van der Waals surface area contributed by atoms with E-state index in [0.717, 1.165) is 22.2 Å². The van der Waals surface area contributed by atoms with E-state index in [1.165, 1.54) is 5.38 Å². The van der Waals surface area contributed by atoms with Crippen LogP contribution in [0.1, 0.15) is 53.4 Å². The van der Waals surface area contributed by atoms with E-state index in [0.29, 0.717) is 25.1 Å². The second-order valence-electron chi connectivity index (χ2n) is 9.67. The van der Waals surface area contributed by atoms with Gasteiger partial charge in [0.1, 0.15) is 22.6 Å². The first-order valence-corrected chi connectivity index (χ1v) is 13.6. The number of aromatic nitrogens is 2. The number of carbonyl (C=O) groups excluding carboxylic acids is 4. The molecule has 1 aliphatic rings. The molecule has 1 fully saturated rings. The van der Waals surface area contributed by atoms with Gasteiger partial charge in [0.2, 0.25) is 17.6 Å². The van der Waals surface area contributed by atoms with Crippen molar-refractivity contribution >= 4 is 57.3 Å². The summed E-state index contributed by atoms with van der Waals surface area (Å²) >= 11 is 6.99. The number of hydrogen-bond donors (Lipinski definition) is 4. The normalized spacial score (nSPS) is 16.8. The number of rotatable bonds is 11. The Morgan fingerprint density at radius 2 is 2.03 bits per heavy atom. The van der Waals surface area contributed by atoms with Crippen LogP contribution in [0.25, 0.3) is 10.9 Å². The van der Waals surface area contributed by atoms with Gasteiger partial charge in [-0.3, -0.25) is 19.2 Å². The predicted molar refractivity (Wildman–Crippen MR) is 145 cm³/mol. The van der Waals surface area contributed by atoms with Crippen LogP contribution in [0.5, 0.6) is 5.75 Å². The third-order valence-corrected chi connectivity index (χ3v) is 7.60. The fourth-order valence-corrected chi connectivity index (χ4v) is 5.48. The second-order valence-corrected chi connectivity index (χ2v) is 10.9. The molecule has 0 spiro atoms. The highest BCUT2D eigenvalue weighted by Gasteiger charge is 2.34. The Labute approximate surface area is 228 Å². The summed E-state index contributed by atoms with van der Waals surface area (Å²) in [6, 6.07) is 5.19. The maximum Gasteiger partial charge on any atom is 0.268 e. The lowest BCUT2D eigenvalue weighted by molar-refractivity contribution is -0.125. The Hall–Kier alpha value is -3.44. The van der Waals surface area contributed by atoms with Crippen LogP contribution in [-0.2, 0) is 9.59 Å². The van der Waals surface area contributed by atoms with E-state index in [4.69, 9.17) is 16.3 Å². The fourth-order valence-electron chi connectivity index (χ4n) is 4.54. The van der Waals surface area contributed by atoms with E-state index < -0.39 is 35.6 Å². The first-order valence-electron chi connectivity index (χ1n) is 12.4. The minimum Gasteiger partial charge on any atom is -0.496 e. The lowest BCUT2D eigenvalue weighted by Gasteiger charge is -2.24. The number of nitrogens with one attached hydrogen (secondary N) is 4. The molecule has 38 heavy (non-hydrogen) atoms. The Kier molecular flexibility index (Phi) is 8.68. The van der Waals surface area contributed by atoms with Gasteiger partial charge >= 0.3 is 0 Å². The summed E-state index contributed by atoms with van der Waals surface area (Å²) in [6.07, 6.45) is 1.03. The topological polar surface area (TPSA) is 142 Å². The Bertz CT molecular complexity index is 1350. The third-order valence-electron chi connectivity index (χ3n) is 6.42. The van der Waals surface area contributed by atoms with Crippen molar-refractivity contribution < 1.29 is 23.9 Å². The van der Waals surface area contributed by atoms with Crippen molar-refractivity contribution in [2.45, 2.75) is 45.2 Å². The van der Waals surface area contributed by atoms with E-state index in [1.807, 2.05) is 26.0 Å². The first-order chi connectivity index (χ1) is 18.2. The summed E-state index contributed by atoms with van der Waals surface area (Å²) < 4.78 is 5.37. The molecule has 3 aromatic rings. The Morgan fingerprint density at radius 3 is 2.66 bits per heavy atom. The predicted octanol–water partition coefficient (Wildman–Crippen LogP) is 3.32. The number of aromatic amines is 1. The van der Waals surface area contributed by atoms with Gasteiger partial charge in [-0.15, -0.1) is 11.3 Å². The van der Waals surface area contributed by atoms with E-state index in [9.17, 15) is 19.2 Å². The molecule has 3 heterocycles. The summed E-state index contributed by atoms with van der Waals surface area (Å²) in [6.45, 7) is 4.38. The van der Waals surface area contributed by atoms with Crippen LogP contribution < -0.4 is 20.7 Å². The van der Waals surface area contributed by atoms with Crippen molar-refractivity contribution in [3.63, 3.8) is 0 Å². The number of ether oxygens (including phenoxy) is 1. The summed E-state index contributed by atoms with van der Waals surface area (Å²) in [7, 11) is 1.55. The van der Waals surface area contributed by atoms with Crippen molar-refractivity contribution in [3.05, 3.63) is 45.5 Å². The van der Waals surface area contributed by atoms with Crippen LogP contribution in [0.3, 0.4) is 0 Å². The molecule has 202 valence electrons. The smallest absolute Gasteiger partial charge is 0.268 e. The average Bonchev–Trinajstić information content (AvgIpc) is 3.62. The highest BCUT2D eigenvalue weighted by atomic mass is 35.5. The number of benzene rings is 1. The third kappa shape index (κ3) is 6.33. The van der Waals surface area contributed by atoms with Gasteiger partial charge < -0.3 is 25.7 Å². The van der Waals surface area contributed by atoms with E-state index in [1.54, 1.807) is 19.2 Å². The van der Waals surface area contributed by atoms with Crippen LogP contribution in [-0.4, -0.2) is 59.2 Å². The quantitative estimate of drug-likeness (QED) is 0.265. The zero-order valence-electron chi connectivity index (χ0n) is 21.3. The van der Waals surface area contributed by atoms with Crippen molar-refractivity contribution in [2.75, 3.05) is 13.7 Å². The van der Waals surface area contributed by atoms with Gasteiger partial charge in [-0.1, -0.05) is 31.5 Å². The monoisotopic (exact) mass is 559 g/mol. The fraction of sp³-hybridized carbons (Fsp3) is 0.423. The Morgan fingerprint density at radius 1 is 1.24 bits per heavy atom. The average molecular weight is 560 g/mol. The number of nitrogens with zero attached hydrogens (tertiary/aromatic N) is 1. The molecule has 1 unspecified atom stereocenters.